The lowest BCUT2D eigenvalue weighted by atomic mass is 10.4. The Hall–Kier alpha value is -0.0831. The summed E-state index contributed by atoms with van der Waals surface area (Å²) in [5.41, 5.74) is 1.11. The molecule has 2 heteroatoms. The van der Waals surface area contributed by atoms with Gasteiger partial charge in [-0.3, -0.25) is 0 Å². The van der Waals surface area contributed by atoms with Gasteiger partial charge in [0.1, 0.15) is 0 Å². The molecule has 0 aromatic carbocycles. The first-order valence-electron chi connectivity index (χ1n) is 4.64. The van der Waals surface area contributed by atoms with Gasteiger partial charge in [-0.15, -0.1) is 0 Å². The van der Waals surface area contributed by atoms with Crippen LogP contribution in [0.25, 0.3) is 0 Å². The van der Waals surface area contributed by atoms with Crippen LogP contribution in [0.2, 0.25) is 25.7 Å². The van der Waals surface area contributed by atoms with Crippen LogP contribution in [0.15, 0.2) is 12.2 Å². The van der Waals surface area contributed by atoms with E-state index in [1.54, 1.807) is 0 Å². The van der Waals surface area contributed by atoms with E-state index in [-0.39, 0.29) is 0 Å². The third-order valence-electron chi connectivity index (χ3n) is 1.56. The van der Waals surface area contributed by atoms with Gasteiger partial charge in [0.25, 0.3) is 0 Å². The fourth-order valence-corrected chi connectivity index (χ4v) is 2.16. The molecule has 0 bridgehead atoms. The highest BCUT2D eigenvalue weighted by molar-refractivity contribution is 6.76. The van der Waals surface area contributed by atoms with Gasteiger partial charge in [0.15, 0.2) is 0 Å². The van der Waals surface area contributed by atoms with Gasteiger partial charge in [0, 0.05) is 14.7 Å². The van der Waals surface area contributed by atoms with Crippen LogP contribution in [0.5, 0.6) is 0 Å². The molecule has 72 valence electrons. The Bertz CT molecular complexity index is 135. The Balaban J connectivity index is 3.17. The molecule has 0 saturated heterocycles. The predicted octanol–water partition coefficient (Wildman–Crippen LogP) is 3.31. The summed E-state index contributed by atoms with van der Waals surface area (Å²) in [6.07, 6.45) is 1.21. The fourth-order valence-electron chi connectivity index (χ4n) is 0.951. The average molecular weight is 186 g/mol. The van der Waals surface area contributed by atoms with Gasteiger partial charge in [-0.25, -0.2) is 0 Å². The molecule has 0 aliphatic rings. The van der Waals surface area contributed by atoms with E-state index >= 15 is 0 Å². The van der Waals surface area contributed by atoms with Crippen molar-refractivity contribution in [1.82, 2.24) is 0 Å². The van der Waals surface area contributed by atoms with Gasteiger partial charge < -0.3 is 4.74 Å². The highest BCUT2D eigenvalue weighted by Crippen LogP contribution is 2.10. The minimum absolute atomic E-state index is 0.728. The molecule has 0 saturated carbocycles. The first-order valence-corrected chi connectivity index (χ1v) is 8.35. The standard InChI is InChI=1S/C10H22OSi/c1-10(2)9-11-7-6-8-12(3,4)5/h1,6-9H2,2-5H3. The lowest BCUT2D eigenvalue weighted by molar-refractivity contribution is 0.157. The first kappa shape index (κ1) is 11.9. The molecule has 0 aliphatic heterocycles. The molecule has 0 aromatic rings. The molecule has 0 atom stereocenters. The number of rotatable bonds is 6. The summed E-state index contributed by atoms with van der Waals surface area (Å²) < 4.78 is 5.41. The topological polar surface area (TPSA) is 9.23 Å². The third kappa shape index (κ3) is 9.92. The van der Waals surface area contributed by atoms with Crippen LogP contribution in [0, 0.1) is 0 Å². The Labute approximate surface area is 77.8 Å². The summed E-state index contributed by atoms with van der Waals surface area (Å²) in [5, 5.41) is 0. The summed E-state index contributed by atoms with van der Waals surface area (Å²) in [7, 11) is -0.837. The molecule has 0 unspecified atom stereocenters. The van der Waals surface area contributed by atoms with Crippen molar-refractivity contribution in [3.8, 4) is 0 Å². The normalized spacial score (nSPS) is 11.7. The van der Waals surface area contributed by atoms with Crippen LogP contribution in [-0.4, -0.2) is 21.3 Å². The predicted molar refractivity (Wildman–Crippen MR) is 58.4 cm³/mol. The summed E-state index contributed by atoms with van der Waals surface area (Å²) in [6, 6.07) is 1.36. The van der Waals surface area contributed by atoms with Crippen molar-refractivity contribution < 1.29 is 4.74 Å². The third-order valence-corrected chi connectivity index (χ3v) is 3.42. The first-order chi connectivity index (χ1) is 5.42. The van der Waals surface area contributed by atoms with E-state index in [1.165, 1.54) is 12.5 Å². The minimum Gasteiger partial charge on any atom is -0.377 e. The summed E-state index contributed by atoms with van der Waals surface area (Å²) in [6.45, 7) is 14.6. The summed E-state index contributed by atoms with van der Waals surface area (Å²) in [4.78, 5) is 0. The number of hydrogen-bond acceptors (Lipinski definition) is 1. The van der Waals surface area contributed by atoms with Crippen molar-refractivity contribution in [2.24, 2.45) is 0 Å². The molecular formula is C10H22OSi. The van der Waals surface area contributed by atoms with Gasteiger partial charge in [-0.05, 0) is 13.3 Å². The van der Waals surface area contributed by atoms with E-state index in [0.29, 0.717) is 0 Å². The Kier molecular flexibility index (Phi) is 5.50. The van der Waals surface area contributed by atoms with Crippen LogP contribution in [0.4, 0.5) is 0 Å². The van der Waals surface area contributed by atoms with Gasteiger partial charge in [0.05, 0.1) is 6.61 Å². The van der Waals surface area contributed by atoms with Crippen molar-refractivity contribution in [2.45, 2.75) is 39.0 Å². The number of hydrogen-bond donors (Lipinski definition) is 0. The van der Waals surface area contributed by atoms with Crippen LogP contribution >= 0.6 is 0 Å². The monoisotopic (exact) mass is 186 g/mol. The van der Waals surface area contributed by atoms with Gasteiger partial charge in [-0.2, -0.15) is 0 Å². The maximum absolute atomic E-state index is 5.41. The van der Waals surface area contributed by atoms with Gasteiger partial charge in [-0.1, -0.05) is 37.8 Å². The van der Waals surface area contributed by atoms with Gasteiger partial charge >= 0.3 is 0 Å². The molecule has 0 amide bonds. The van der Waals surface area contributed by atoms with E-state index in [1.807, 2.05) is 6.92 Å². The lowest BCUT2D eigenvalue weighted by Gasteiger charge is -2.14. The molecule has 0 radical (unpaired) electrons. The number of ether oxygens (including phenoxy) is 1. The van der Waals surface area contributed by atoms with Crippen molar-refractivity contribution in [3.63, 3.8) is 0 Å². The molecule has 0 aromatic heterocycles. The zero-order valence-electron chi connectivity index (χ0n) is 8.94. The SMILES string of the molecule is C=C(C)COCCC[Si](C)(C)C. The molecule has 12 heavy (non-hydrogen) atoms. The van der Waals surface area contributed by atoms with E-state index < -0.39 is 8.07 Å². The molecule has 0 N–H and O–H groups in total. The Morgan fingerprint density at radius 1 is 1.33 bits per heavy atom. The van der Waals surface area contributed by atoms with E-state index in [9.17, 15) is 0 Å². The maximum atomic E-state index is 5.41. The second-order valence-corrected chi connectivity index (χ2v) is 10.3. The van der Waals surface area contributed by atoms with Gasteiger partial charge in [0.2, 0.25) is 0 Å². The molecule has 0 aliphatic carbocycles. The zero-order chi connectivity index (χ0) is 9.61. The second kappa shape index (κ2) is 5.54. The van der Waals surface area contributed by atoms with Crippen LogP contribution in [0.3, 0.4) is 0 Å². The zero-order valence-corrected chi connectivity index (χ0v) is 9.94. The van der Waals surface area contributed by atoms with Crippen molar-refractivity contribution >= 4 is 8.07 Å². The van der Waals surface area contributed by atoms with E-state index in [2.05, 4.69) is 26.2 Å². The highest BCUT2D eigenvalue weighted by Gasteiger charge is 2.11. The lowest BCUT2D eigenvalue weighted by Crippen LogP contribution is -2.19. The molecule has 1 nitrogen and oxygen atoms in total. The molecule has 0 fully saturated rings. The molecule has 0 spiro atoms. The van der Waals surface area contributed by atoms with Crippen molar-refractivity contribution in [1.29, 1.82) is 0 Å². The Morgan fingerprint density at radius 3 is 2.33 bits per heavy atom. The van der Waals surface area contributed by atoms with Crippen LogP contribution < -0.4 is 0 Å². The maximum Gasteiger partial charge on any atom is 0.0671 e. The summed E-state index contributed by atoms with van der Waals surface area (Å²) >= 11 is 0. The fraction of sp³-hybridized carbons (Fsp3) is 0.800. The summed E-state index contributed by atoms with van der Waals surface area (Å²) in [5.74, 6) is 0. The second-order valence-electron chi connectivity index (χ2n) is 4.67. The van der Waals surface area contributed by atoms with E-state index in [4.69, 9.17) is 4.74 Å². The average Bonchev–Trinajstić information content (AvgIpc) is 1.83. The quantitative estimate of drug-likeness (QED) is 0.351. The largest absolute Gasteiger partial charge is 0.377 e. The highest BCUT2D eigenvalue weighted by atomic mass is 28.3. The molecular weight excluding hydrogens is 164 g/mol. The minimum atomic E-state index is -0.837. The molecule has 0 rings (SSSR count). The van der Waals surface area contributed by atoms with Crippen molar-refractivity contribution in [2.75, 3.05) is 13.2 Å². The van der Waals surface area contributed by atoms with Crippen molar-refractivity contribution in [3.05, 3.63) is 12.2 Å². The Morgan fingerprint density at radius 2 is 1.92 bits per heavy atom. The van der Waals surface area contributed by atoms with Crippen LogP contribution in [-0.2, 0) is 4.74 Å². The molecule has 0 heterocycles. The smallest absolute Gasteiger partial charge is 0.0671 e. The van der Waals surface area contributed by atoms with E-state index in [0.717, 1.165) is 18.8 Å². The van der Waals surface area contributed by atoms with Crippen LogP contribution in [0.1, 0.15) is 13.3 Å².